The van der Waals surface area contributed by atoms with Crippen LogP contribution in [-0.4, -0.2) is 39.6 Å². The monoisotopic (exact) mass is 515 g/mol. The molecule has 0 spiro atoms. The maximum absolute atomic E-state index is 13.8. The molecule has 0 bridgehead atoms. The third kappa shape index (κ3) is 4.48. The van der Waals surface area contributed by atoms with Crippen LogP contribution in [0.1, 0.15) is 20.8 Å². The molecule has 5 rings (SSSR count). The van der Waals surface area contributed by atoms with Gasteiger partial charge in [-0.3, -0.25) is 14.2 Å². The number of halogens is 2. The highest BCUT2D eigenvalue weighted by Crippen LogP contribution is 2.34. The number of likely N-dealkylation sites (N-methyl/N-ethyl adjacent to an activating group) is 1. The van der Waals surface area contributed by atoms with Gasteiger partial charge < -0.3 is 4.90 Å². The second kappa shape index (κ2) is 9.24. The van der Waals surface area contributed by atoms with Gasteiger partial charge in [0.2, 0.25) is 0 Å². The third-order valence-electron chi connectivity index (χ3n) is 5.60. The Kier molecular flexibility index (Phi) is 6.33. The summed E-state index contributed by atoms with van der Waals surface area (Å²) in [6.07, 6.45) is 0.819. The van der Waals surface area contributed by atoms with Crippen molar-refractivity contribution in [1.29, 1.82) is 0 Å². The number of nitrogens with zero attached hydrogens (tertiary/aromatic N) is 3. The Morgan fingerprint density at radius 2 is 1.94 bits per heavy atom. The van der Waals surface area contributed by atoms with Crippen LogP contribution in [-0.2, 0) is 13.0 Å². The van der Waals surface area contributed by atoms with E-state index in [1.165, 1.54) is 16.6 Å². The lowest BCUT2D eigenvalue weighted by Crippen LogP contribution is -2.27. The van der Waals surface area contributed by atoms with E-state index < -0.39 is 0 Å². The summed E-state index contributed by atoms with van der Waals surface area (Å²) < 4.78 is 1.58. The average Bonchev–Trinajstić information content (AvgIpc) is 3.15. The molecule has 0 saturated carbocycles. The molecule has 0 atom stereocenters. The summed E-state index contributed by atoms with van der Waals surface area (Å²) in [4.78, 5) is 35.6. The van der Waals surface area contributed by atoms with E-state index in [1.807, 2.05) is 6.07 Å². The second-order valence-corrected chi connectivity index (χ2v) is 10.8. The molecule has 3 heterocycles. The van der Waals surface area contributed by atoms with E-state index >= 15 is 0 Å². The third-order valence-corrected chi connectivity index (χ3v) is 8.14. The molecule has 0 aliphatic carbocycles. The van der Waals surface area contributed by atoms with Crippen LogP contribution in [0, 0.1) is 0 Å². The summed E-state index contributed by atoms with van der Waals surface area (Å²) in [5.41, 5.74) is 2.18. The van der Waals surface area contributed by atoms with E-state index in [4.69, 9.17) is 28.2 Å². The van der Waals surface area contributed by atoms with Crippen molar-refractivity contribution in [3.63, 3.8) is 0 Å². The fraction of sp³-hybridized carbons (Fsp3) is 0.208. The number of hydrogen-bond acceptors (Lipinski definition) is 6. The number of carbonyl (C=O) groups is 1. The van der Waals surface area contributed by atoms with Gasteiger partial charge in [-0.25, -0.2) is 4.98 Å². The average molecular weight is 516 g/mol. The molecule has 1 aliphatic heterocycles. The highest BCUT2D eigenvalue weighted by atomic mass is 35.5. The normalized spacial score (nSPS) is 13.9. The molecule has 9 heteroatoms. The fourth-order valence-corrected chi connectivity index (χ4v) is 6.50. The number of hydrogen-bond donors (Lipinski definition) is 0. The minimum absolute atomic E-state index is 0.0595. The predicted octanol–water partition coefficient (Wildman–Crippen LogP) is 5.72. The molecule has 2 aromatic heterocycles. The summed E-state index contributed by atoms with van der Waals surface area (Å²) in [6, 6.07) is 13.9. The van der Waals surface area contributed by atoms with Gasteiger partial charge in [-0.05, 0) is 61.5 Å². The molecule has 5 nitrogen and oxygen atoms in total. The van der Waals surface area contributed by atoms with Crippen LogP contribution in [0.2, 0.25) is 10.0 Å². The van der Waals surface area contributed by atoms with Crippen molar-refractivity contribution in [2.75, 3.05) is 19.3 Å². The van der Waals surface area contributed by atoms with Crippen LogP contribution in [0.15, 0.2) is 58.5 Å². The lowest BCUT2D eigenvalue weighted by atomic mass is 10.1. The molecule has 0 unspecified atom stereocenters. The predicted molar refractivity (Wildman–Crippen MR) is 137 cm³/mol. The van der Waals surface area contributed by atoms with E-state index in [-0.39, 0.29) is 17.1 Å². The Balaban J connectivity index is 1.60. The zero-order valence-corrected chi connectivity index (χ0v) is 20.8. The molecule has 0 N–H and O–H groups in total. The van der Waals surface area contributed by atoms with Crippen LogP contribution in [0.3, 0.4) is 0 Å². The summed E-state index contributed by atoms with van der Waals surface area (Å²) >= 11 is 15.0. The van der Waals surface area contributed by atoms with E-state index in [9.17, 15) is 9.59 Å². The first-order chi connectivity index (χ1) is 15.9. The molecule has 0 radical (unpaired) electrons. The van der Waals surface area contributed by atoms with Gasteiger partial charge >= 0.3 is 0 Å². The summed E-state index contributed by atoms with van der Waals surface area (Å²) in [7, 11) is 2.08. The van der Waals surface area contributed by atoms with Gasteiger partial charge in [-0.1, -0.05) is 41.0 Å². The molecule has 0 amide bonds. The molecule has 1 aliphatic rings. The maximum atomic E-state index is 13.8. The van der Waals surface area contributed by atoms with Gasteiger partial charge in [0.1, 0.15) is 4.83 Å². The SMILES string of the molecule is CN1CCc2c(sc3nc(SCC(=O)c4ccc(Cl)cc4)n(-c4cccc(Cl)c4)c(=O)c23)C1. The Labute approximate surface area is 209 Å². The molecular weight excluding hydrogens is 497 g/mol. The van der Waals surface area contributed by atoms with Crippen LogP contribution >= 0.6 is 46.3 Å². The molecule has 33 heavy (non-hydrogen) atoms. The van der Waals surface area contributed by atoms with Gasteiger partial charge in [0.15, 0.2) is 10.9 Å². The molecule has 0 saturated heterocycles. The number of ketones is 1. The zero-order valence-electron chi connectivity index (χ0n) is 17.7. The number of thioether (sulfide) groups is 1. The second-order valence-electron chi connectivity index (χ2n) is 7.91. The highest BCUT2D eigenvalue weighted by molar-refractivity contribution is 7.99. The quantitative estimate of drug-likeness (QED) is 0.193. The van der Waals surface area contributed by atoms with Crippen LogP contribution in [0.5, 0.6) is 0 Å². The van der Waals surface area contributed by atoms with Crippen molar-refractivity contribution in [2.45, 2.75) is 18.1 Å². The van der Waals surface area contributed by atoms with Crippen molar-refractivity contribution in [3.05, 3.63) is 84.9 Å². The number of thiophene rings is 1. The Morgan fingerprint density at radius 1 is 1.15 bits per heavy atom. The molecule has 0 fully saturated rings. The van der Waals surface area contributed by atoms with E-state index in [1.54, 1.807) is 58.4 Å². The highest BCUT2D eigenvalue weighted by Gasteiger charge is 2.25. The summed E-state index contributed by atoms with van der Waals surface area (Å²) in [6.45, 7) is 1.71. The lowest BCUT2D eigenvalue weighted by molar-refractivity contribution is 0.102. The first kappa shape index (κ1) is 22.6. The van der Waals surface area contributed by atoms with Gasteiger partial charge in [0.25, 0.3) is 5.56 Å². The van der Waals surface area contributed by atoms with Crippen molar-refractivity contribution >= 4 is 62.3 Å². The Bertz CT molecular complexity index is 1430. The number of aromatic nitrogens is 2. The number of benzene rings is 2. The van der Waals surface area contributed by atoms with E-state index in [0.29, 0.717) is 31.8 Å². The first-order valence-corrected chi connectivity index (χ1v) is 12.9. The largest absolute Gasteiger partial charge is 0.301 e. The molecular formula is C24H19Cl2N3O2S2. The number of rotatable bonds is 5. The van der Waals surface area contributed by atoms with Crippen molar-refractivity contribution in [1.82, 2.24) is 14.5 Å². The van der Waals surface area contributed by atoms with Crippen LogP contribution in [0.25, 0.3) is 15.9 Å². The molecule has 4 aromatic rings. The standard InChI is InChI=1S/C24H19Cl2N3O2S2/c1-28-10-9-18-20(12-28)33-22-21(18)23(31)29(17-4-2-3-16(26)11-17)24(27-22)32-13-19(30)14-5-7-15(25)8-6-14/h2-8,11H,9-10,12-13H2,1H3. The van der Waals surface area contributed by atoms with Gasteiger partial charge in [-0.15, -0.1) is 11.3 Å². The van der Waals surface area contributed by atoms with Gasteiger partial charge in [0, 0.05) is 33.6 Å². The Morgan fingerprint density at radius 3 is 2.70 bits per heavy atom. The Hall–Kier alpha value is -2.16. The van der Waals surface area contributed by atoms with Gasteiger partial charge in [-0.2, -0.15) is 0 Å². The summed E-state index contributed by atoms with van der Waals surface area (Å²) in [5, 5.41) is 2.26. The maximum Gasteiger partial charge on any atom is 0.267 e. The van der Waals surface area contributed by atoms with Crippen molar-refractivity contribution in [2.24, 2.45) is 0 Å². The topological polar surface area (TPSA) is 55.2 Å². The minimum Gasteiger partial charge on any atom is -0.301 e. The molecule has 168 valence electrons. The number of carbonyl (C=O) groups excluding carboxylic acids is 1. The zero-order chi connectivity index (χ0) is 23.1. The number of fused-ring (bicyclic) bond motifs is 3. The van der Waals surface area contributed by atoms with E-state index in [2.05, 4.69) is 11.9 Å². The van der Waals surface area contributed by atoms with E-state index in [0.717, 1.165) is 29.9 Å². The minimum atomic E-state index is -0.120. The van der Waals surface area contributed by atoms with Crippen molar-refractivity contribution < 1.29 is 4.79 Å². The van der Waals surface area contributed by atoms with Crippen molar-refractivity contribution in [3.8, 4) is 5.69 Å². The summed E-state index contributed by atoms with van der Waals surface area (Å²) in [5.74, 6) is 0.0873. The lowest BCUT2D eigenvalue weighted by Gasteiger charge is -2.21. The smallest absolute Gasteiger partial charge is 0.267 e. The fourth-order valence-electron chi connectivity index (χ4n) is 3.94. The first-order valence-electron chi connectivity index (χ1n) is 10.3. The number of Topliss-reactive ketones (excluding diaryl/α,β-unsaturated/α-hetero) is 1. The van der Waals surface area contributed by atoms with Crippen LogP contribution < -0.4 is 5.56 Å². The molecule has 2 aromatic carbocycles. The van der Waals surface area contributed by atoms with Crippen LogP contribution in [0.4, 0.5) is 0 Å². The van der Waals surface area contributed by atoms with Gasteiger partial charge in [0.05, 0.1) is 16.8 Å².